The van der Waals surface area contributed by atoms with E-state index in [1.165, 1.54) is 11.3 Å². The van der Waals surface area contributed by atoms with Gasteiger partial charge in [-0.25, -0.2) is 0 Å². The molecule has 6 nitrogen and oxygen atoms in total. The van der Waals surface area contributed by atoms with Crippen molar-refractivity contribution in [1.82, 2.24) is 10.2 Å². The Morgan fingerprint density at radius 2 is 1.86 bits per heavy atom. The van der Waals surface area contributed by atoms with Gasteiger partial charge in [-0.05, 0) is 62.6 Å². The Morgan fingerprint density at radius 1 is 1.11 bits per heavy atom. The van der Waals surface area contributed by atoms with Gasteiger partial charge in [-0.3, -0.25) is 19.3 Å². The molecule has 6 heteroatoms. The lowest BCUT2D eigenvalue weighted by atomic mass is 9.84. The zero-order valence-electron chi connectivity index (χ0n) is 16.4. The Morgan fingerprint density at radius 3 is 2.54 bits per heavy atom. The molecule has 1 aliphatic carbocycles. The molecule has 3 amide bonds. The molecule has 1 saturated carbocycles. The highest BCUT2D eigenvalue weighted by atomic mass is 16.5. The van der Waals surface area contributed by atoms with Crippen molar-refractivity contribution in [3.8, 4) is 0 Å². The van der Waals surface area contributed by atoms with Gasteiger partial charge in [-0.2, -0.15) is 0 Å². The van der Waals surface area contributed by atoms with E-state index in [0.717, 1.165) is 44.4 Å². The molecule has 1 unspecified atom stereocenters. The Kier molecular flexibility index (Phi) is 5.49. The number of ether oxygens (including phenoxy) is 1. The zero-order valence-corrected chi connectivity index (χ0v) is 16.4. The molecule has 2 fully saturated rings. The smallest absolute Gasteiger partial charge is 0.261 e. The monoisotopic (exact) mass is 384 g/mol. The van der Waals surface area contributed by atoms with Gasteiger partial charge in [0, 0.05) is 18.2 Å². The fraction of sp³-hybridized carbons (Fsp3) is 0.591. The minimum absolute atomic E-state index is 0.0803. The average Bonchev–Trinajstić information content (AvgIpc) is 3.31. The van der Waals surface area contributed by atoms with E-state index >= 15 is 0 Å². The minimum Gasteiger partial charge on any atom is -0.376 e. The highest BCUT2D eigenvalue weighted by Gasteiger charge is 2.38. The zero-order chi connectivity index (χ0) is 19.7. The van der Waals surface area contributed by atoms with Crippen LogP contribution >= 0.6 is 0 Å². The summed E-state index contributed by atoms with van der Waals surface area (Å²) in [4.78, 5) is 39.3. The van der Waals surface area contributed by atoms with Crippen molar-refractivity contribution in [2.75, 3.05) is 13.2 Å². The largest absolute Gasteiger partial charge is 0.376 e. The number of fused-ring (bicyclic) bond motifs is 1. The number of carbonyl (C=O) groups excluding carboxylic acids is 3. The molecular formula is C22H28N2O4. The molecule has 0 spiro atoms. The number of hydrogen-bond acceptors (Lipinski definition) is 4. The van der Waals surface area contributed by atoms with Gasteiger partial charge in [0.05, 0.1) is 23.8 Å². The van der Waals surface area contributed by atoms with Crippen molar-refractivity contribution in [2.45, 2.75) is 64.0 Å². The van der Waals surface area contributed by atoms with Crippen LogP contribution in [0, 0.1) is 5.92 Å². The molecule has 0 radical (unpaired) electrons. The predicted octanol–water partition coefficient (Wildman–Crippen LogP) is 3.16. The summed E-state index contributed by atoms with van der Waals surface area (Å²) >= 11 is 0. The third-order valence-corrected chi connectivity index (χ3v) is 6.40. The van der Waals surface area contributed by atoms with E-state index < -0.39 is 0 Å². The van der Waals surface area contributed by atoms with Gasteiger partial charge in [0.2, 0.25) is 0 Å². The van der Waals surface area contributed by atoms with Gasteiger partial charge in [0.1, 0.15) is 0 Å². The Hall–Kier alpha value is -2.21. The number of amides is 3. The highest BCUT2D eigenvalue weighted by molar-refractivity contribution is 6.22. The number of hydrogen-bond donors (Lipinski definition) is 1. The molecule has 3 aliphatic rings. The first kappa shape index (κ1) is 19.1. The molecule has 2 aliphatic heterocycles. The molecule has 1 N–H and O–H groups in total. The van der Waals surface area contributed by atoms with Crippen molar-refractivity contribution >= 4 is 17.7 Å². The Labute approximate surface area is 165 Å². The highest BCUT2D eigenvalue weighted by Crippen LogP contribution is 2.28. The van der Waals surface area contributed by atoms with Crippen molar-refractivity contribution in [3.05, 3.63) is 34.9 Å². The standard InChI is InChI=1S/C22H28N2O4/c1-2-14-5-8-16(9-6-14)23-20(25)15-7-10-18-19(12-15)22(27)24(21(18)26)13-17-4-3-11-28-17/h7,10,12,14,16-17H,2-6,8-9,11,13H2,1H3,(H,23,25). The first-order valence-corrected chi connectivity index (χ1v) is 10.5. The molecular weight excluding hydrogens is 356 g/mol. The van der Waals surface area contributed by atoms with Crippen LogP contribution < -0.4 is 5.32 Å². The molecule has 4 rings (SSSR count). The maximum absolute atomic E-state index is 12.7. The van der Waals surface area contributed by atoms with Crippen LogP contribution in [-0.2, 0) is 4.74 Å². The van der Waals surface area contributed by atoms with Crippen LogP contribution in [0.15, 0.2) is 18.2 Å². The Balaban J connectivity index is 1.43. The maximum Gasteiger partial charge on any atom is 0.261 e. The molecule has 1 atom stereocenters. The second-order valence-corrected chi connectivity index (χ2v) is 8.22. The van der Waals surface area contributed by atoms with E-state index in [-0.39, 0.29) is 36.4 Å². The summed E-state index contributed by atoms with van der Waals surface area (Å²) < 4.78 is 5.56. The van der Waals surface area contributed by atoms with Crippen LogP contribution in [0.5, 0.6) is 0 Å². The second kappa shape index (κ2) is 8.03. The number of nitrogens with zero attached hydrogens (tertiary/aromatic N) is 1. The van der Waals surface area contributed by atoms with E-state index in [9.17, 15) is 14.4 Å². The lowest BCUT2D eigenvalue weighted by molar-refractivity contribution is 0.0475. The van der Waals surface area contributed by atoms with Gasteiger partial charge < -0.3 is 10.1 Å². The fourth-order valence-electron chi connectivity index (χ4n) is 4.57. The van der Waals surface area contributed by atoms with Crippen molar-refractivity contribution < 1.29 is 19.1 Å². The molecule has 2 heterocycles. The minimum atomic E-state index is -0.325. The number of carbonyl (C=O) groups is 3. The lowest BCUT2D eigenvalue weighted by Crippen LogP contribution is -2.37. The Bertz CT molecular complexity index is 777. The van der Waals surface area contributed by atoms with E-state index in [0.29, 0.717) is 23.3 Å². The van der Waals surface area contributed by atoms with E-state index in [1.807, 2.05) is 0 Å². The summed E-state index contributed by atoms with van der Waals surface area (Å²) in [7, 11) is 0. The van der Waals surface area contributed by atoms with Gasteiger partial charge >= 0.3 is 0 Å². The van der Waals surface area contributed by atoms with Crippen molar-refractivity contribution in [3.63, 3.8) is 0 Å². The third kappa shape index (κ3) is 3.70. The van der Waals surface area contributed by atoms with Gasteiger partial charge in [0.25, 0.3) is 17.7 Å². The van der Waals surface area contributed by atoms with Crippen LogP contribution in [0.4, 0.5) is 0 Å². The summed E-state index contributed by atoms with van der Waals surface area (Å²) in [6, 6.07) is 5.01. The summed E-state index contributed by atoms with van der Waals surface area (Å²) in [5.74, 6) is -0.0128. The normalized spacial score (nSPS) is 27.2. The topological polar surface area (TPSA) is 75.7 Å². The van der Waals surface area contributed by atoms with Crippen LogP contribution in [0.3, 0.4) is 0 Å². The number of imide groups is 1. The maximum atomic E-state index is 12.7. The lowest BCUT2D eigenvalue weighted by Gasteiger charge is -2.28. The van der Waals surface area contributed by atoms with Crippen molar-refractivity contribution in [2.24, 2.45) is 5.92 Å². The van der Waals surface area contributed by atoms with Gasteiger partial charge in [-0.1, -0.05) is 13.3 Å². The average molecular weight is 384 g/mol. The first-order valence-electron chi connectivity index (χ1n) is 10.5. The van der Waals surface area contributed by atoms with E-state index in [1.54, 1.807) is 18.2 Å². The molecule has 150 valence electrons. The second-order valence-electron chi connectivity index (χ2n) is 8.22. The molecule has 1 aromatic carbocycles. The van der Waals surface area contributed by atoms with Gasteiger partial charge in [0.15, 0.2) is 0 Å². The van der Waals surface area contributed by atoms with E-state index in [2.05, 4.69) is 12.2 Å². The molecule has 1 saturated heterocycles. The number of rotatable bonds is 5. The molecule has 28 heavy (non-hydrogen) atoms. The summed E-state index contributed by atoms with van der Waals surface area (Å²) in [6.45, 7) is 3.18. The van der Waals surface area contributed by atoms with Crippen molar-refractivity contribution in [1.29, 1.82) is 0 Å². The summed E-state index contributed by atoms with van der Waals surface area (Å²) in [6.07, 6.45) is 7.24. The quantitative estimate of drug-likeness (QED) is 0.791. The SMILES string of the molecule is CCC1CCC(NC(=O)c2ccc3c(c2)C(=O)N(CC2CCCO2)C3=O)CC1. The molecule has 0 bridgehead atoms. The number of nitrogens with one attached hydrogen (secondary N) is 1. The third-order valence-electron chi connectivity index (χ3n) is 6.40. The summed E-state index contributed by atoms with van der Waals surface area (Å²) in [5, 5.41) is 3.10. The summed E-state index contributed by atoms with van der Waals surface area (Å²) in [5.41, 5.74) is 1.14. The number of benzene rings is 1. The van der Waals surface area contributed by atoms with Crippen LogP contribution in [-0.4, -0.2) is 47.9 Å². The van der Waals surface area contributed by atoms with Crippen LogP contribution in [0.25, 0.3) is 0 Å². The first-order chi connectivity index (χ1) is 13.6. The molecule has 1 aromatic rings. The van der Waals surface area contributed by atoms with Crippen LogP contribution in [0.2, 0.25) is 0 Å². The molecule has 0 aromatic heterocycles. The predicted molar refractivity (Wildman–Crippen MR) is 104 cm³/mol. The van der Waals surface area contributed by atoms with Gasteiger partial charge in [-0.15, -0.1) is 0 Å². The fourth-order valence-corrected chi connectivity index (χ4v) is 4.57. The van der Waals surface area contributed by atoms with E-state index in [4.69, 9.17) is 4.74 Å². The van der Waals surface area contributed by atoms with Crippen LogP contribution in [0.1, 0.15) is 82.9 Å².